The summed E-state index contributed by atoms with van der Waals surface area (Å²) in [7, 11) is 0. The zero-order valence-corrected chi connectivity index (χ0v) is 11.5. The third-order valence-electron chi connectivity index (χ3n) is 2.50. The van der Waals surface area contributed by atoms with Gasteiger partial charge in [-0.15, -0.1) is 11.8 Å². The van der Waals surface area contributed by atoms with Gasteiger partial charge in [-0.2, -0.15) is 0 Å². The van der Waals surface area contributed by atoms with Crippen LogP contribution in [0.4, 0.5) is 4.39 Å². The number of benzene rings is 1. The molecule has 0 aliphatic carbocycles. The summed E-state index contributed by atoms with van der Waals surface area (Å²) in [6.45, 7) is 6.62. The first-order valence-electron chi connectivity index (χ1n) is 6.27. The average Bonchev–Trinajstić information content (AvgIpc) is 2.30. The molecule has 1 nitrogen and oxygen atoms in total. The normalized spacial score (nSPS) is 11.1. The maximum absolute atomic E-state index is 12.7. The van der Waals surface area contributed by atoms with Gasteiger partial charge in [0.25, 0.3) is 0 Å². The van der Waals surface area contributed by atoms with Gasteiger partial charge < -0.3 is 5.32 Å². The zero-order chi connectivity index (χ0) is 12.5. The van der Waals surface area contributed by atoms with Crippen LogP contribution >= 0.6 is 11.8 Å². The fourth-order valence-electron chi connectivity index (χ4n) is 1.53. The molecule has 0 aliphatic heterocycles. The maximum atomic E-state index is 12.7. The molecule has 1 N–H and O–H groups in total. The highest BCUT2D eigenvalue weighted by Gasteiger charge is 1.96. The molecular weight excluding hydrogens is 233 g/mol. The Balaban J connectivity index is 1.99. The second-order valence-electron chi connectivity index (χ2n) is 4.59. The van der Waals surface area contributed by atoms with Crippen molar-refractivity contribution in [3.05, 3.63) is 30.1 Å². The van der Waals surface area contributed by atoms with E-state index in [4.69, 9.17) is 0 Å². The van der Waals surface area contributed by atoms with E-state index in [-0.39, 0.29) is 5.82 Å². The summed E-state index contributed by atoms with van der Waals surface area (Å²) in [6.07, 6.45) is 2.54. The molecule has 1 aromatic rings. The van der Waals surface area contributed by atoms with E-state index < -0.39 is 0 Å². The van der Waals surface area contributed by atoms with Crippen molar-refractivity contribution in [2.24, 2.45) is 5.92 Å². The Morgan fingerprint density at radius 2 is 1.88 bits per heavy atom. The summed E-state index contributed by atoms with van der Waals surface area (Å²) in [6, 6.07) is 6.69. The minimum atomic E-state index is -0.166. The number of halogens is 1. The van der Waals surface area contributed by atoms with Gasteiger partial charge in [0.1, 0.15) is 5.82 Å². The van der Waals surface area contributed by atoms with Crippen molar-refractivity contribution in [1.29, 1.82) is 0 Å². The quantitative estimate of drug-likeness (QED) is 0.558. The van der Waals surface area contributed by atoms with Crippen LogP contribution < -0.4 is 5.32 Å². The minimum absolute atomic E-state index is 0.166. The predicted octanol–water partition coefficient (Wildman–Crippen LogP) is 3.94. The molecule has 0 atom stereocenters. The summed E-state index contributed by atoms with van der Waals surface area (Å²) in [5.74, 6) is 1.67. The third-order valence-corrected chi connectivity index (χ3v) is 3.51. The first-order chi connectivity index (χ1) is 8.18. The lowest BCUT2D eigenvalue weighted by Gasteiger charge is -2.06. The van der Waals surface area contributed by atoms with Crippen LogP contribution in [-0.2, 0) is 0 Å². The number of rotatable bonds is 8. The molecule has 96 valence electrons. The van der Waals surface area contributed by atoms with E-state index in [1.165, 1.54) is 25.0 Å². The fraction of sp³-hybridized carbons (Fsp3) is 0.571. The highest BCUT2D eigenvalue weighted by molar-refractivity contribution is 7.99. The molecule has 0 aliphatic rings. The summed E-state index contributed by atoms with van der Waals surface area (Å²) >= 11 is 1.76. The maximum Gasteiger partial charge on any atom is 0.123 e. The summed E-state index contributed by atoms with van der Waals surface area (Å²) in [5.41, 5.74) is 0. The zero-order valence-electron chi connectivity index (χ0n) is 10.7. The van der Waals surface area contributed by atoms with Crippen molar-refractivity contribution < 1.29 is 4.39 Å². The molecule has 0 amide bonds. The van der Waals surface area contributed by atoms with Gasteiger partial charge >= 0.3 is 0 Å². The van der Waals surface area contributed by atoms with Crippen molar-refractivity contribution in [2.75, 3.05) is 18.8 Å². The molecule has 0 saturated carbocycles. The van der Waals surface area contributed by atoms with E-state index in [0.717, 1.165) is 29.7 Å². The molecule has 0 spiro atoms. The van der Waals surface area contributed by atoms with Gasteiger partial charge in [0.05, 0.1) is 0 Å². The van der Waals surface area contributed by atoms with Crippen molar-refractivity contribution >= 4 is 11.8 Å². The van der Waals surface area contributed by atoms with Gasteiger partial charge in [-0.3, -0.25) is 0 Å². The summed E-state index contributed by atoms with van der Waals surface area (Å²) in [5, 5.41) is 3.43. The van der Waals surface area contributed by atoms with Crippen molar-refractivity contribution in [1.82, 2.24) is 5.32 Å². The fourth-order valence-corrected chi connectivity index (χ4v) is 2.34. The van der Waals surface area contributed by atoms with Gasteiger partial charge in [-0.25, -0.2) is 4.39 Å². The Morgan fingerprint density at radius 1 is 1.18 bits per heavy atom. The molecule has 0 bridgehead atoms. The van der Waals surface area contributed by atoms with E-state index in [2.05, 4.69) is 19.2 Å². The first-order valence-corrected chi connectivity index (χ1v) is 7.26. The van der Waals surface area contributed by atoms with Crippen molar-refractivity contribution in [2.45, 2.75) is 31.6 Å². The summed E-state index contributed by atoms with van der Waals surface area (Å²) in [4.78, 5) is 1.13. The van der Waals surface area contributed by atoms with Crippen LogP contribution in [0.5, 0.6) is 0 Å². The molecule has 1 aromatic carbocycles. The van der Waals surface area contributed by atoms with Gasteiger partial charge in [0, 0.05) is 17.2 Å². The van der Waals surface area contributed by atoms with E-state index >= 15 is 0 Å². The second kappa shape index (κ2) is 8.54. The van der Waals surface area contributed by atoms with Gasteiger partial charge in [-0.05, 0) is 49.6 Å². The second-order valence-corrected chi connectivity index (χ2v) is 5.76. The molecule has 0 aromatic heterocycles. The van der Waals surface area contributed by atoms with Gasteiger partial charge in [-0.1, -0.05) is 13.8 Å². The lowest BCUT2D eigenvalue weighted by molar-refractivity contribution is 0.534. The average molecular weight is 255 g/mol. The molecule has 1 rings (SSSR count). The van der Waals surface area contributed by atoms with Crippen LogP contribution in [0.15, 0.2) is 29.2 Å². The van der Waals surface area contributed by atoms with Crippen LogP contribution in [0.3, 0.4) is 0 Å². The number of nitrogens with one attached hydrogen (secondary N) is 1. The Labute approximate surface area is 108 Å². The molecule has 0 heterocycles. The molecule has 0 unspecified atom stereocenters. The lowest BCUT2D eigenvalue weighted by atomic mass is 10.1. The van der Waals surface area contributed by atoms with Crippen LogP contribution in [0.1, 0.15) is 26.7 Å². The Kier molecular flexibility index (Phi) is 7.29. The number of hydrogen-bond acceptors (Lipinski definition) is 2. The van der Waals surface area contributed by atoms with Crippen LogP contribution in [0.25, 0.3) is 0 Å². The molecule has 3 heteroatoms. The molecule has 0 radical (unpaired) electrons. The molecule has 0 saturated heterocycles. The van der Waals surface area contributed by atoms with Gasteiger partial charge in [0.2, 0.25) is 0 Å². The number of hydrogen-bond donors (Lipinski definition) is 1. The lowest BCUT2D eigenvalue weighted by Crippen LogP contribution is -2.18. The Hall–Kier alpha value is -0.540. The monoisotopic (exact) mass is 255 g/mol. The molecular formula is C14H22FNS. The van der Waals surface area contributed by atoms with E-state index in [1.807, 2.05) is 12.1 Å². The SMILES string of the molecule is CC(C)CCCNCCSc1ccc(F)cc1. The van der Waals surface area contributed by atoms with Crippen molar-refractivity contribution in [3.63, 3.8) is 0 Å². The molecule has 0 fully saturated rings. The van der Waals surface area contributed by atoms with E-state index in [1.54, 1.807) is 11.8 Å². The first kappa shape index (κ1) is 14.5. The van der Waals surface area contributed by atoms with Gasteiger partial charge in [0.15, 0.2) is 0 Å². The van der Waals surface area contributed by atoms with Crippen LogP contribution in [0, 0.1) is 11.7 Å². The predicted molar refractivity (Wildman–Crippen MR) is 74.1 cm³/mol. The Bertz CT molecular complexity index is 298. The largest absolute Gasteiger partial charge is 0.316 e. The van der Waals surface area contributed by atoms with E-state index in [0.29, 0.717) is 0 Å². The smallest absolute Gasteiger partial charge is 0.123 e. The third kappa shape index (κ3) is 7.40. The highest BCUT2D eigenvalue weighted by Crippen LogP contribution is 2.17. The Morgan fingerprint density at radius 3 is 2.53 bits per heavy atom. The summed E-state index contributed by atoms with van der Waals surface area (Å²) < 4.78 is 12.7. The van der Waals surface area contributed by atoms with Crippen LogP contribution in [0.2, 0.25) is 0 Å². The van der Waals surface area contributed by atoms with Crippen molar-refractivity contribution in [3.8, 4) is 0 Å². The number of thioether (sulfide) groups is 1. The molecule has 17 heavy (non-hydrogen) atoms. The topological polar surface area (TPSA) is 12.0 Å². The van der Waals surface area contributed by atoms with E-state index in [9.17, 15) is 4.39 Å². The standard InChI is InChI=1S/C14H22FNS/c1-12(2)4-3-9-16-10-11-17-14-7-5-13(15)6-8-14/h5-8,12,16H,3-4,9-11H2,1-2H3. The highest BCUT2D eigenvalue weighted by atomic mass is 32.2. The minimum Gasteiger partial charge on any atom is -0.316 e. The van der Waals surface area contributed by atoms with Crippen LogP contribution in [-0.4, -0.2) is 18.8 Å².